The molecule has 0 saturated carbocycles. The maximum absolute atomic E-state index is 12.6. The van der Waals surface area contributed by atoms with Crippen molar-refractivity contribution < 1.29 is 14.3 Å². The molecule has 0 atom stereocenters. The van der Waals surface area contributed by atoms with Gasteiger partial charge in [0, 0.05) is 16.7 Å². The lowest BCUT2D eigenvalue weighted by molar-refractivity contribution is 0.0949. The van der Waals surface area contributed by atoms with Crippen molar-refractivity contribution >= 4 is 12.1 Å². The van der Waals surface area contributed by atoms with E-state index in [0.717, 1.165) is 29.7 Å². The molecule has 1 heterocycles. The number of aromatic amines is 1. The van der Waals surface area contributed by atoms with E-state index in [1.807, 2.05) is 18.2 Å². The van der Waals surface area contributed by atoms with E-state index in [-0.39, 0.29) is 5.91 Å². The van der Waals surface area contributed by atoms with Crippen molar-refractivity contribution in [2.45, 2.75) is 12.8 Å². The van der Waals surface area contributed by atoms with E-state index in [4.69, 9.17) is 9.47 Å². The van der Waals surface area contributed by atoms with Crippen molar-refractivity contribution in [3.05, 3.63) is 64.8 Å². The number of carbonyl (C=O) groups excluding carboxylic acids is 1. The van der Waals surface area contributed by atoms with Gasteiger partial charge in [0.1, 0.15) is 17.2 Å². The molecule has 3 aromatic rings. The van der Waals surface area contributed by atoms with Crippen molar-refractivity contribution in [1.82, 2.24) is 15.6 Å². The van der Waals surface area contributed by atoms with Gasteiger partial charge in [0.2, 0.25) is 0 Å². The topological polar surface area (TPSA) is 88.6 Å². The van der Waals surface area contributed by atoms with E-state index < -0.39 is 0 Å². The Morgan fingerprint density at radius 2 is 2.04 bits per heavy atom. The number of aromatic nitrogens is 2. The number of ether oxygens (including phenoxy) is 2. The molecule has 7 heteroatoms. The van der Waals surface area contributed by atoms with Crippen molar-refractivity contribution in [2.75, 3.05) is 14.2 Å². The minimum absolute atomic E-state index is 0.328. The maximum atomic E-state index is 12.6. The first-order valence-electron chi connectivity index (χ1n) is 8.92. The van der Waals surface area contributed by atoms with Gasteiger partial charge < -0.3 is 9.47 Å². The zero-order chi connectivity index (χ0) is 19.5. The molecular weight excluding hydrogens is 356 g/mol. The molecule has 4 rings (SSSR count). The van der Waals surface area contributed by atoms with Crippen LogP contribution in [0.4, 0.5) is 0 Å². The quantitative estimate of drug-likeness (QED) is 0.529. The van der Waals surface area contributed by atoms with Crippen molar-refractivity contribution in [3.8, 4) is 22.8 Å². The molecule has 0 unspecified atom stereocenters. The Morgan fingerprint density at radius 1 is 1.18 bits per heavy atom. The normalized spacial score (nSPS) is 12.4. The van der Waals surface area contributed by atoms with Crippen LogP contribution < -0.4 is 14.9 Å². The molecule has 7 nitrogen and oxygen atoms in total. The van der Waals surface area contributed by atoms with Gasteiger partial charge in [-0.1, -0.05) is 24.3 Å². The predicted molar refractivity (Wildman–Crippen MR) is 106 cm³/mol. The second-order valence-electron chi connectivity index (χ2n) is 6.39. The minimum Gasteiger partial charge on any atom is -0.497 e. The summed E-state index contributed by atoms with van der Waals surface area (Å²) in [6, 6.07) is 13.5. The highest BCUT2D eigenvalue weighted by Gasteiger charge is 2.24. The number of hydrogen-bond donors (Lipinski definition) is 2. The lowest BCUT2D eigenvalue weighted by Gasteiger charge is -2.15. The molecule has 1 aliphatic rings. The number of aryl methyl sites for hydroxylation is 1. The Hall–Kier alpha value is -3.61. The maximum Gasteiger partial charge on any atom is 0.289 e. The summed E-state index contributed by atoms with van der Waals surface area (Å²) in [5.41, 5.74) is 7.78. The molecule has 0 radical (unpaired) electrons. The van der Waals surface area contributed by atoms with Gasteiger partial charge in [0.05, 0.1) is 26.1 Å². The van der Waals surface area contributed by atoms with Crippen LogP contribution in [0.25, 0.3) is 11.3 Å². The van der Waals surface area contributed by atoms with E-state index in [1.54, 1.807) is 32.4 Å². The van der Waals surface area contributed by atoms with Crippen LogP contribution in [-0.2, 0) is 12.8 Å². The second-order valence-corrected chi connectivity index (χ2v) is 6.39. The monoisotopic (exact) mass is 376 g/mol. The van der Waals surface area contributed by atoms with Crippen LogP contribution in [0.15, 0.2) is 47.6 Å². The number of methoxy groups -OCH3 is 2. The Labute approximate surface area is 162 Å². The van der Waals surface area contributed by atoms with E-state index in [1.165, 1.54) is 11.8 Å². The number of rotatable bonds is 5. The van der Waals surface area contributed by atoms with E-state index in [9.17, 15) is 4.79 Å². The molecule has 1 aliphatic carbocycles. The summed E-state index contributed by atoms with van der Waals surface area (Å²) in [6.07, 6.45) is 3.17. The SMILES string of the molecule is COc1ccc(OC)c(/C=N\NC(=O)c2[nH]nc3c2CCc2ccccc2-3)c1. The third-order valence-corrected chi connectivity index (χ3v) is 4.82. The van der Waals surface area contributed by atoms with Crippen LogP contribution in [0, 0.1) is 0 Å². The number of benzene rings is 2. The standard InChI is InChI=1S/C21H20N4O3/c1-27-15-8-10-18(28-2)14(11-15)12-22-25-21(26)20-17-9-7-13-5-3-4-6-16(13)19(17)23-24-20/h3-6,8,10-12H,7,9H2,1-2H3,(H,23,24)(H,25,26)/b22-12-. The summed E-state index contributed by atoms with van der Waals surface area (Å²) in [5, 5.41) is 11.3. The molecular formula is C21H20N4O3. The van der Waals surface area contributed by atoms with Gasteiger partial charge in [-0.2, -0.15) is 10.2 Å². The van der Waals surface area contributed by atoms with Gasteiger partial charge in [-0.15, -0.1) is 0 Å². The number of H-pyrrole nitrogens is 1. The number of nitrogens with zero attached hydrogens (tertiary/aromatic N) is 2. The highest BCUT2D eigenvalue weighted by molar-refractivity contribution is 5.96. The molecule has 0 spiro atoms. The number of hydrogen-bond acceptors (Lipinski definition) is 5. The van der Waals surface area contributed by atoms with E-state index >= 15 is 0 Å². The second kappa shape index (κ2) is 7.56. The fourth-order valence-electron chi connectivity index (χ4n) is 3.40. The Bertz CT molecular complexity index is 1060. The largest absolute Gasteiger partial charge is 0.497 e. The first-order chi connectivity index (χ1) is 13.7. The summed E-state index contributed by atoms with van der Waals surface area (Å²) in [4.78, 5) is 12.6. The van der Waals surface area contributed by atoms with Crippen LogP contribution >= 0.6 is 0 Å². The lowest BCUT2D eigenvalue weighted by atomic mass is 9.89. The Kier molecular flexibility index (Phi) is 4.80. The van der Waals surface area contributed by atoms with Gasteiger partial charge in [-0.25, -0.2) is 5.43 Å². The van der Waals surface area contributed by atoms with Gasteiger partial charge in [-0.05, 0) is 36.6 Å². The fraction of sp³-hybridized carbons (Fsp3) is 0.190. The van der Waals surface area contributed by atoms with Gasteiger partial charge >= 0.3 is 0 Å². The van der Waals surface area contributed by atoms with Crippen LogP contribution in [0.5, 0.6) is 11.5 Å². The summed E-state index contributed by atoms with van der Waals surface area (Å²) >= 11 is 0. The third-order valence-electron chi connectivity index (χ3n) is 4.82. The Morgan fingerprint density at radius 3 is 2.86 bits per heavy atom. The average Bonchev–Trinajstić information content (AvgIpc) is 3.18. The molecule has 142 valence electrons. The smallest absolute Gasteiger partial charge is 0.289 e. The van der Waals surface area contributed by atoms with Crippen molar-refractivity contribution in [1.29, 1.82) is 0 Å². The first-order valence-corrected chi connectivity index (χ1v) is 8.92. The van der Waals surface area contributed by atoms with Crippen LogP contribution in [0.1, 0.15) is 27.2 Å². The van der Waals surface area contributed by atoms with Crippen molar-refractivity contribution in [2.24, 2.45) is 5.10 Å². The summed E-state index contributed by atoms with van der Waals surface area (Å²) in [6.45, 7) is 0. The molecule has 2 N–H and O–H groups in total. The first kappa shape index (κ1) is 17.8. The number of fused-ring (bicyclic) bond motifs is 3. The number of amides is 1. The molecule has 1 amide bonds. The zero-order valence-corrected chi connectivity index (χ0v) is 15.7. The molecule has 0 aliphatic heterocycles. The highest BCUT2D eigenvalue weighted by atomic mass is 16.5. The van der Waals surface area contributed by atoms with Crippen LogP contribution in [-0.4, -0.2) is 36.5 Å². The van der Waals surface area contributed by atoms with Gasteiger partial charge in [-0.3, -0.25) is 9.89 Å². The molecule has 0 saturated heterocycles. The minimum atomic E-state index is -0.328. The molecule has 1 aromatic heterocycles. The zero-order valence-electron chi connectivity index (χ0n) is 15.7. The van der Waals surface area contributed by atoms with Crippen molar-refractivity contribution in [3.63, 3.8) is 0 Å². The lowest BCUT2D eigenvalue weighted by Crippen LogP contribution is -2.20. The molecule has 0 bridgehead atoms. The number of nitrogens with one attached hydrogen (secondary N) is 2. The average molecular weight is 376 g/mol. The van der Waals surface area contributed by atoms with Gasteiger partial charge in [0.25, 0.3) is 5.91 Å². The number of hydrazone groups is 1. The number of carbonyl (C=O) groups is 1. The summed E-state index contributed by atoms with van der Waals surface area (Å²) < 4.78 is 10.5. The highest BCUT2D eigenvalue weighted by Crippen LogP contribution is 2.33. The van der Waals surface area contributed by atoms with E-state index in [0.29, 0.717) is 22.8 Å². The Balaban J connectivity index is 1.54. The van der Waals surface area contributed by atoms with Gasteiger partial charge in [0.15, 0.2) is 0 Å². The fourth-order valence-corrected chi connectivity index (χ4v) is 3.40. The van der Waals surface area contributed by atoms with Crippen LogP contribution in [0.2, 0.25) is 0 Å². The third kappa shape index (κ3) is 3.22. The molecule has 28 heavy (non-hydrogen) atoms. The molecule has 0 fully saturated rings. The van der Waals surface area contributed by atoms with E-state index in [2.05, 4.69) is 26.8 Å². The molecule has 2 aromatic carbocycles. The summed E-state index contributed by atoms with van der Waals surface area (Å²) in [7, 11) is 3.16. The predicted octanol–water partition coefficient (Wildman–Crippen LogP) is 2.96. The summed E-state index contributed by atoms with van der Waals surface area (Å²) in [5.74, 6) is 0.982. The van der Waals surface area contributed by atoms with Crippen LogP contribution in [0.3, 0.4) is 0 Å².